The number of aryl methyl sites for hydroxylation is 2. The molecule has 11 aromatic rings. The van der Waals surface area contributed by atoms with E-state index in [4.69, 9.17) is 19.7 Å². The van der Waals surface area contributed by atoms with Crippen molar-refractivity contribution in [2.75, 3.05) is 0 Å². The number of fused-ring (bicyclic) bond motifs is 16. The van der Waals surface area contributed by atoms with Crippen LogP contribution in [0, 0.1) is 26.0 Å². The van der Waals surface area contributed by atoms with Gasteiger partial charge in [-0.25, -0.2) is 4.98 Å². The van der Waals surface area contributed by atoms with Crippen molar-refractivity contribution in [2.24, 2.45) is 0 Å². The van der Waals surface area contributed by atoms with Crippen LogP contribution in [-0.4, -0.2) is 23.8 Å². The monoisotopic (exact) mass is 759 g/mol. The Bertz CT molecular complexity index is 3250. The molecule has 52 heavy (non-hydrogen) atoms. The average molecular weight is 760 g/mol. The van der Waals surface area contributed by atoms with Gasteiger partial charge >= 0.3 is 20.4 Å². The summed E-state index contributed by atoms with van der Waals surface area (Å²) in [7, 11) is 0. The standard InChI is InChI=1S/C45H27N5O.Pd/c1-26-10-7-11-27(2)41(26)34-13-8-12-32-30-21-19-28(24-35(30)44-47-37-15-3-5-17-39(37)49(44)42(32)34)51-29-20-22-31-33-14-9-23-46-43(33)50-40-18-6-4-16-38(40)48-45(50)36(31)25-29;/h3-23H,1-2H3;/q-2;+2. The number of aromatic nitrogens is 5. The van der Waals surface area contributed by atoms with E-state index < -0.39 is 0 Å². The largest absolute Gasteiger partial charge is 2.00 e. The van der Waals surface area contributed by atoms with E-state index in [1.54, 1.807) is 0 Å². The Kier molecular flexibility index (Phi) is 6.75. The van der Waals surface area contributed by atoms with E-state index in [-0.39, 0.29) is 20.4 Å². The van der Waals surface area contributed by atoms with Crippen molar-refractivity contribution >= 4 is 76.8 Å². The van der Waals surface area contributed by atoms with Crippen LogP contribution < -0.4 is 4.74 Å². The van der Waals surface area contributed by atoms with Crippen molar-refractivity contribution in [2.45, 2.75) is 13.8 Å². The molecule has 0 fully saturated rings. The number of rotatable bonds is 3. The van der Waals surface area contributed by atoms with Gasteiger partial charge in [0.25, 0.3) is 0 Å². The minimum atomic E-state index is 0. The summed E-state index contributed by atoms with van der Waals surface area (Å²) in [6.07, 6.45) is 1.83. The first-order valence-corrected chi connectivity index (χ1v) is 17.0. The number of para-hydroxylation sites is 5. The van der Waals surface area contributed by atoms with Gasteiger partial charge in [-0.2, -0.15) is 0 Å². The van der Waals surface area contributed by atoms with Gasteiger partial charge in [0, 0.05) is 28.8 Å². The van der Waals surface area contributed by atoms with E-state index in [2.05, 4.69) is 114 Å². The maximum atomic E-state index is 6.59. The number of hydrogen-bond donors (Lipinski definition) is 0. The molecule has 0 spiro atoms. The maximum Gasteiger partial charge on any atom is 2.00 e. The van der Waals surface area contributed by atoms with E-state index >= 15 is 0 Å². The van der Waals surface area contributed by atoms with Crippen LogP contribution in [0.5, 0.6) is 11.5 Å². The van der Waals surface area contributed by atoms with Gasteiger partial charge in [0.15, 0.2) is 0 Å². The number of hydrogen-bond acceptors (Lipinski definition) is 4. The molecule has 0 atom stereocenters. The van der Waals surface area contributed by atoms with Gasteiger partial charge in [-0.15, -0.1) is 12.1 Å². The molecule has 0 unspecified atom stereocenters. The topological polar surface area (TPSA) is 56.7 Å². The summed E-state index contributed by atoms with van der Waals surface area (Å²) in [5.74, 6) is 1.17. The van der Waals surface area contributed by atoms with Gasteiger partial charge in [0.2, 0.25) is 0 Å². The smallest absolute Gasteiger partial charge is 0.497 e. The molecule has 7 heteroatoms. The summed E-state index contributed by atoms with van der Waals surface area (Å²) in [6, 6.07) is 49.0. The Labute approximate surface area is 311 Å². The molecule has 0 N–H and O–H groups in total. The second-order valence-corrected chi connectivity index (χ2v) is 13.2. The van der Waals surface area contributed by atoms with Gasteiger partial charge in [0.05, 0.1) is 33.4 Å². The molecule has 0 saturated heterocycles. The Hall–Kier alpha value is -6.13. The SMILES string of the molecule is Cc1cccc(C)c1-c1cccc2c3ccc(Oc4[c-]c5c(cc4)c4cccnc4n4c6ccccc6nc54)[c-]c3c3nc4ccccc4n3c12.[Pd+2]. The number of pyridine rings is 3. The predicted molar refractivity (Wildman–Crippen MR) is 206 cm³/mol. The number of ether oxygens (including phenoxy) is 1. The normalized spacial score (nSPS) is 11.9. The van der Waals surface area contributed by atoms with E-state index in [0.717, 1.165) is 76.8 Å². The predicted octanol–water partition coefficient (Wildman–Crippen LogP) is 11.0. The summed E-state index contributed by atoms with van der Waals surface area (Å²) in [4.78, 5) is 15.0. The summed E-state index contributed by atoms with van der Waals surface area (Å²) in [5, 5.41) is 6.03. The fourth-order valence-electron chi connectivity index (χ4n) is 8.04. The second kappa shape index (κ2) is 11.4. The molecule has 0 aliphatic carbocycles. The average Bonchev–Trinajstić information content (AvgIpc) is 3.75. The Balaban J connectivity index is 0.00000338. The third-order valence-corrected chi connectivity index (χ3v) is 10.2. The third kappa shape index (κ3) is 4.30. The molecule has 6 aromatic carbocycles. The Morgan fingerprint density at radius 2 is 1.10 bits per heavy atom. The van der Waals surface area contributed by atoms with Gasteiger partial charge in [-0.3, -0.25) is 9.97 Å². The number of nitrogens with zero attached hydrogens (tertiary/aromatic N) is 5. The van der Waals surface area contributed by atoms with Crippen molar-refractivity contribution in [3.63, 3.8) is 0 Å². The zero-order chi connectivity index (χ0) is 33.8. The van der Waals surface area contributed by atoms with Gasteiger partial charge in [0.1, 0.15) is 5.65 Å². The zero-order valence-corrected chi connectivity index (χ0v) is 29.6. The van der Waals surface area contributed by atoms with E-state index in [1.165, 1.54) is 22.3 Å². The summed E-state index contributed by atoms with van der Waals surface area (Å²) >= 11 is 0. The van der Waals surface area contributed by atoms with Crippen LogP contribution in [0.2, 0.25) is 0 Å². The minimum Gasteiger partial charge on any atom is -0.497 e. The molecular weight excluding hydrogens is 733 g/mol. The van der Waals surface area contributed by atoms with E-state index in [0.29, 0.717) is 11.5 Å². The Morgan fingerprint density at radius 1 is 0.519 bits per heavy atom. The molecule has 0 aliphatic rings. The van der Waals surface area contributed by atoms with Gasteiger partial charge in [-0.05, 0) is 71.6 Å². The molecule has 0 saturated carbocycles. The van der Waals surface area contributed by atoms with Crippen molar-refractivity contribution in [3.05, 3.63) is 151 Å². The molecule has 0 radical (unpaired) electrons. The van der Waals surface area contributed by atoms with Crippen LogP contribution in [0.25, 0.3) is 88.0 Å². The van der Waals surface area contributed by atoms with Crippen LogP contribution in [-0.2, 0) is 20.4 Å². The fourth-order valence-corrected chi connectivity index (χ4v) is 8.04. The van der Waals surface area contributed by atoms with Crippen molar-refractivity contribution in [3.8, 4) is 22.6 Å². The van der Waals surface area contributed by atoms with Gasteiger partial charge in [-0.1, -0.05) is 113 Å². The molecule has 5 heterocycles. The minimum absolute atomic E-state index is 0. The zero-order valence-electron chi connectivity index (χ0n) is 28.1. The maximum absolute atomic E-state index is 6.59. The third-order valence-electron chi connectivity index (χ3n) is 10.2. The van der Waals surface area contributed by atoms with Crippen LogP contribution in [0.1, 0.15) is 11.1 Å². The molecule has 0 amide bonds. The molecule has 6 nitrogen and oxygen atoms in total. The van der Waals surface area contributed by atoms with Gasteiger partial charge < -0.3 is 13.5 Å². The second-order valence-electron chi connectivity index (χ2n) is 13.2. The number of benzene rings is 6. The molecule has 248 valence electrons. The number of imidazole rings is 2. The summed E-state index contributed by atoms with van der Waals surface area (Å²) in [5.41, 5.74) is 12.5. The van der Waals surface area contributed by atoms with Crippen LogP contribution in [0.4, 0.5) is 0 Å². The van der Waals surface area contributed by atoms with Crippen LogP contribution in [0.3, 0.4) is 0 Å². The molecule has 11 rings (SSSR count). The molecular formula is C45H27N5OPd. The quantitative estimate of drug-likeness (QED) is 0.102. The van der Waals surface area contributed by atoms with E-state index in [1.807, 2.05) is 48.7 Å². The first kappa shape index (κ1) is 30.7. The first-order chi connectivity index (χ1) is 25.1. The molecule has 5 aromatic heterocycles. The van der Waals surface area contributed by atoms with Crippen molar-refractivity contribution < 1.29 is 25.2 Å². The summed E-state index contributed by atoms with van der Waals surface area (Å²) in [6.45, 7) is 4.37. The van der Waals surface area contributed by atoms with Crippen molar-refractivity contribution in [1.29, 1.82) is 0 Å². The molecule has 0 aliphatic heterocycles. The molecule has 0 bridgehead atoms. The van der Waals surface area contributed by atoms with Crippen LogP contribution in [0.15, 0.2) is 128 Å². The summed E-state index contributed by atoms with van der Waals surface area (Å²) < 4.78 is 11.0. The first-order valence-electron chi connectivity index (χ1n) is 17.0. The fraction of sp³-hybridized carbons (Fsp3) is 0.0444. The van der Waals surface area contributed by atoms with Crippen molar-refractivity contribution in [1.82, 2.24) is 23.8 Å². The van der Waals surface area contributed by atoms with Crippen LogP contribution >= 0.6 is 0 Å². The Morgan fingerprint density at radius 3 is 1.79 bits per heavy atom. The van der Waals surface area contributed by atoms with E-state index in [9.17, 15) is 0 Å².